The van der Waals surface area contributed by atoms with Crippen LogP contribution in [0.25, 0.3) is 0 Å². The van der Waals surface area contributed by atoms with Crippen molar-refractivity contribution in [2.24, 2.45) is 0 Å². The van der Waals surface area contributed by atoms with Gasteiger partial charge in [0.05, 0.1) is 12.4 Å². The van der Waals surface area contributed by atoms with Gasteiger partial charge in [-0.3, -0.25) is 4.79 Å². The van der Waals surface area contributed by atoms with E-state index < -0.39 is 10.4 Å². The highest BCUT2D eigenvalue weighted by Gasteiger charge is 2.18. The maximum absolute atomic E-state index is 11.5. The Hall–Kier alpha value is -0.160. The number of hydrogen-bond donors (Lipinski definition) is 0. The van der Waals surface area contributed by atoms with Crippen LogP contribution in [0.1, 0.15) is 10.4 Å². The first-order valence-electron chi connectivity index (χ1n) is 4.85. The number of methoxy groups -OCH3 is 1. The molecule has 0 saturated heterocycles. The summed E-state index contributed by atoms with van der Waals surface area (Å²) in [4.78, 5) is 10.6. The summed E-state index contributed by atoms with van der Waals surface area (Å²) in [5, 5.41) is 0.236. The third-order valence-corrected chi connectivity index (χ3v) is 3.61. The zero-order valence-electron chi connectivity index (χ0n) is 9.33. The van der Waals surface area contributed by atoms with Gasteiger partial charge in [0.1, 0.15) is 0 Å². The summed E-state index contributed by atoms with van der Waals surface area (Å²) in [7, 11) is 1.46. The van der Waals surface area contributed by atoms with Gasteiger partial charge in [-0.05, 0) is 18.2 Å². The van der Waals surface area contributed by atoms with Crippen LogP contribution >= 0.6 is 50.7 Å². The van der Waals surface area contributed by atoms with Gasteiger partial charge in [0.15, 0.2) is 22.1 Å². The van der Waals surface area contributed by atoms with Gasteiger partial charge in [0, 0.05) is 5.56 Å². The van der Waals surface area contributed by atoms with Crippen molar-refractivity contribution in [1.29, 1.82) is 0 Å². The topological polar surface area (TPSA) is 35.5 Å². The summed E-state index contributed by atoms with van der Waals surface area (Å²) in [6.45, 7) is 0. The molecule has 0 bridgehead atoms. The number of carbonyl (C=O) groups excluding carboxylic acids is 1. The molecular weight excluding hydrogens is 366 g/mol. The van der Waals surface area contributed by atoms with Crippen molar-refractivity contribution in [3.8, 4) is 11.5 Å². The number of hydrogen-bond acceptors (Lipinski definition) is 3. The van der Waals surface area contributed by atoms with Gasteiger partial charge in [0.25, 0.3) is 0 Å². The SMILES string of the molecule is COc1cc(C(=O)CBr)ccc1OC(Cl)C(Cl)Cl. The first-order valence-corrected chi connectivity index (χ1v) is 7.28. The molecule has 0 aliphatic rings. The summed E-state index contributed by atoms with van der Waals surface area (Å²) in [6, 6.07) is 4.77. The van der Waals surface area contributed by atoms with Gasteiger partial charge < -0.3 is 9.47 Å². The summed E-state index contributed by atoms with van der Waals surface area (Å²) < 4.78 is 10.4. The molecular formula is C11H10BrCl3O3. The van der Waals surface area contributed by atoms with E-state index in [2.05, 4.69) is 15.9 Å². The van der Waals surface area contributed by atoms with E-state index in [4.69, 9.17) is 44.3 Å². The lowest BCUT2D eigenvalue weighted by Crippen LogP contribution is -2.17. The maximum Gasteiger partial charge on any atom is 0.202 e. The van der Waals surface area contributed by atoms with Gasteiger partial charge in [-0.15, -0.1) is 0 Å². The molecule has 1 aromatic carbocycles. The molecule has 0 aliphatic heterocycles. The third kappa shape index (κ3) is 4.19. The highest BCUT2D eigenvalue weighted by atomic mass is 79.9. The Balaban J connectivity index is 2.97. The van der Waals surface area contributed by atoms with Crippen molar-refractivity contribution >= 4 is 56.5 Å². The molecule has 7 heteroatoms. The predicted octanol–water partition coefficient (Wildman–Crippen LogP) is 4.02. The minimum Gasteiger partial charge on any atom is -0.493 e. The normalized spacial score (nSPS) is 12.3. The van der Waals surface area contributed by atoms with Gasteiger partial charge in [0.2, 0.25) is 5.56 Å². The van der Waals surface area contributed by atoms with Crippen molar-refractivity contribution in [2.45, 2.75) is 10.4 Å². The largest absolute Gasteiger partial charge is 0.493 e. The Kier molecular flexibility index (Phi) is 6.57. The summed E-state index contributed by atoms with van der Waals surface area (Å²) in [6.07, 6.45) is 0. The molecule has 100 valence electrons. The molecule has 1 rings (SSSR count). The molecule has 0 saturated carbocycles. The smallest absolute Gasteiger partial charge is 0.202 e. The Morgan fingerprint density at radius 2 is 2.00 bits per heavy atom. The molecule has 0 fully saturated rings. The maximum atomic E-state index is 11.5. The molecule has 3 nitrogen and oxygen atoms in total. The summed E-state index contributed by atoms with van der Waals surface area (Å²) >= 11 is 20.1. The van der Waals surface area contributed by atoms with Crippen LogP contribution < -0.4 is 9.47 Å². The van der Waals surface area contributed by atoms with Crippen molar-refractivity contribution in [2.75, 3.05) is 12.4 Å². The lowest BCUT2D eigenvalue weighted by molar-refractivity contribution is 0.102. The fourth-order valence-corrected chi connectivity index (χ4v) is 1.71. The lowest BCUT2D eigenvalue weighted by atomic mass is 10.1. The average Bonchev–Trinajstić information content (AvgIpc) is 2.37. The molecule has 0 aromatic heterocycles. The van der Waals surface area contributed by atoms with Crippen LogP contribution in [0, 0.1) is 0 Å². The van der Waals surface area contributed by atoms with E-state index in [1.54, 1.807) is 18.2 Å². The Bertz CT molecular complexity index is 426. The zero-order chi connectivity index (χ0) is 13.7. The minimum atomic E-state index is -0.903. The first-order chi connectivity index (χ1) is 8.49. The van der Waals surface area contributed by atoms with Gasteiger partial charge in [-0.1, -0.05) is 50.7 Å². The van der Waals surface area contributed by atoms with Crippen LogP contribution in [0.5, 0.6) is 11.5 Å². The second kappa shape index (κ2) is 7.43. The number of halogens is 4. The van der Waals surface area contributed by atoms with E-state index >= 15 is 0 Å². The number of alkyl halides is 4. The molecule has 0 spiro atoms. The molecule has 0 aliphatic carbocycles. The van der Waals surface area contributed by atoms with Crippen LogP contribution in [-0.2, 0) is 0 Å². The molecule has 0 amide bonds. The standard InChI is InChI=1S/C11H10BrCl3O3/c1-17-9-4-6(7(16)5-12)2-3-8(9)18-11(15)10(13)14/h2-4,10-11H,5H2,1H3. The second-order valence-electron chi connectivity index (χ2n) is 3.23. The molecule has 1 aromatic rings. The van der Waals surface area contributed by atoms with Crippen molar-refractivity contribution < 1.29 is 14.3 Å². The number of rotatable bonds is 6. The molecule has 1 unspecified atom stereocenters. The fourth-order valence-electron chi connectivity index (χ4n) is 1.19. The van der Waals surface area contributed by atoms with E-state index in [1.807, 2.05) is 0 Å². The van der Waals surface area contributed by atoms with Gasteiger partial charge in [-0.25, -0.2) is 0 Å². The van der Waals surface area contributed by atoms with Crippen LogP contribution in [0.3, 0.4) is 0 Å². The molecule has 0 heterocycles. The van der Waals surface area contributed by atoms with Crippen LogP contribution in [0.2, 0.25) is 0 Å². The number of carbonyl (C=O) groups is 1. The highest BCUT2D eigenvalue weighted by molar-refractivity contribution is 9.09. The molecule has 0 N–H and O–H groups in total. The first kappa shape index (κ1) is 15.9. The third-order valence-electron chi connectivity index (χ3n) is 2.04. The average molecular weight is 376 g/mol. The van der Waals surface area contributed by atoms with Crippen LogP contribution in [0.15, 0.2) is 18.2 Å². The van der Waals surface area contributed by atoms with Gasteiger partial charge >= 0.3 is 0 Å². The number of Topliss-reactive ketones (excluding diaryl/α,β-unsaturated/α-hetero) is 1. The zero-order valence-corrected chi connectivity index (χ0v) is 13.2. The summed E-state index contributed by atoms with van der Waals surface area (Å²) in [5.41, 5.74) is -0.393. The van der Waals surface area contributed by atoms with E-state index in [0.29, 0.717) is 17.1 Å². The minimum absolute atomic E-state index is 0.0603. The van der Waals surface area contributed by atoms with Gasteiger partial charge in [-0.2, -0.15) is 0 Å². The predicted molar refractivity (Wildman–Crippen MR) is 76.9 cm³/mol. The molecule has 0 radical (unpaired) electrons. The fraction of sp³-hybridized carbons (Fsp3) is 0.364. The Morgan fingerprint density at radius 3 is 2.50 bits per heavy atom. The van der Waals surface area contributed by atoms with Crippen molar-refractivity contribution in [1.82, 2.24) is 0 Å². The second-order valence-corrected chi connectivity index (χ2v) is 5.38. The lowest BCUT2D eigenvalue weighted by Gasteiger charge is -2.16. The van der Waals surface area contributed by atoms with Crippen LogP contribution in [0.4, 0.5) is 0 Å². The van der Waals surface area contributed by atoms with E-state index in [9.17, 15) is 4.79 Å². The highest BCUT2D eigenvalue weighted by Crippen LogP contribution is 2.31. The molecule has 18 heavy (non-hydrogen) atoms. The van der Waals surface area contributed by atoms with Crippen LogP contribution in [-0.4, -0.2) is 28.6 Å². The number of ketones is 1. The van der Waals surface area contributed by atoms with Crippen molar-refractivity contribution in [3.63, 3.8) is 0 Å². The van der Waals surface area contributed by atoms with E-state index in [-0.39, 0.29) is 11.1 Å². The van der Waals surface area contributed by atoms with Crippen molar-refractivity contribution in [3.05, 3.63) is 23.8 Å². The van der Waals surface area contributed by atoms with E-state index in [0.717, 1.165) is 0 Å². The van der Waals surface area contributed by atoms with E-state index in [1.165, 1.54) is 7.11 Å². The molecule has 1 atom stereocenters. The number of ether oxygens (including phenoxy) is 2. The Morgan fingerprint density at radius 1 is 1.33 bits per heavy atom. The quantitative estimate of drug-likeness (QED) is 0.556. The Labute approximate surface area is 128 Å². The number of benzene rings is 1. The monoisotopic (exact) mass is 374 g/mol. The summed E-state index contributed by atoms with van der Waals surface area (Å²) in [5.74, 6) is 0.700.